The van der Waals surface area contributed by atoms with Crippen LogP contribution in [0.5, 0.6) is 0 Å². The fourth-order valence-electron chi connectivity index (χ4n) is 7.00. The van der Waals surface area contributed by atoms with Crippen molar-refractivity contribution in [2.24, 2.45) is 0 Å². The Morgan fingerprint density at radius 1 is 1.03 bits per heavy atom. The molecule has 2 N–H and O–H groups in total. The van der Waals surface area contributed by atoms with Gasteiger partial charge in [0.15, 0.2) is 11.5 Å². The smallest absolute Gasteiger partial charge is 0.229 e. The Morgan fingerprint density at radius 3 is 2.48 bits per heavy atom. The minimum Gasteiger partial charge on any atom is -0.460 e. The number of hydrogen-bond donors (Lipinski definition) is 2. The first-order chi connectivity index (χ1) is 15.7. The SMILES string of the molecule is C[C@@]12c3ccc4c(c3C(=O)c3occ(c31)[C@@H](O)[C@@H](O)[C@@H]2[Si](C)(C)c1ccccc1)CCC4=O. The van der Waals surface area contributed by atoms with E-state index in [1.54, 1.807) is 0 Å². The van der Waals surface area contributed by atoms with Crippen LogP contribution in [-0.2, 0) is 11.8 Å². The molecule has 3 aliphatic carbocycles. The third kappa shape index (κ3) is 2.43. The van der Waals surface area contributed by atoms with E-state index in [1.807, 2.05) is 30.3 Å². The van der Waals surface area contributed by atoms with Gasteiger partial charge in [-0.2, -0.15) is 0 Å². The molecule has 0 amide bonds. The number of carbonyl (C=O) groups excluding carboxylic acids is 2. The number of carbonyl (C=O) groups is 2. The minimum absolute atomic E-state index is 0.0614. The highest BCUT2D eigenvalue weighted by molar-refractivity contribution is 6.91. The first-order valence-corrected chi connectivity index (χ1v) is 14.5. The van der Waals surface area contributed by atoms with E-state index < -0.39 is 25.7 Å². The molecule has 33 heavy (non-hydrogen) atoms. The molecule has 3 aromatic rings. The van der Waals surface area contributed by atoms with Crippen molar-refractivity contribution in [1.29, 1.82) is 0 Å². The fraction of sp³-hybridized carbons (Fsp3) is 0.333. The number of hydrogen-bond acceptors (Lipinski definition) is 5. The van der Waals surface area contributed by atoms with E-state index in [0.29, 0.717) is 35.1 Å². The van der Waals surface area contributed by atoms with Gasteiger partial charge in [0.25, 0.3) is 0 Å². The molecule has 0 aliphatic heterocycles. The van der Waals surface area contributed by atoms with Gasteiger partial charge in [0, 0.05) is 39.6 Å². The lowest BCUT2D eigenvalue weighted by Gasteiger charge is -2.54. The van der Waals surface area contributed by atoms with E-state index in [-0.39, 0.29) is 22.9 Å². The number of fused-ring (bicyclic) bond motifs is 4. The van der Waals surface area contributed by atoms with Crippen LogP contribution in [0.4, 0.5) is 0 Å². The molecule has 0 saturated carbocycles. The van der Waals surface area contributed by atoms with Crippen LogP contribution in [0.1, 0.15) is 68.2 Å². The molecule has 1 aromatic heterocycles. The Kier molecular flexibility index (Phi) is 4.17. The first-order valence-electron chi connectivity index (χ1n) is 11.5. The standard InChI is InChI=1S/C27H26O5Si/c1-27-18-11-9-15-16(10-12-19(15)28)20(18)23(30)25-21(27)17(13-32-25)22(29)24(31)26(27)33(2,3)14-7-5-4-6-8-14/h4-9,11,13,22,24,26,29,31H,10,12H2,1-3H3/t22-,24-,26+,27-/m1/s1. The summed E-state index contributed by atoms with van der Waals surface area (Å²) in [6.07, 6.45) is 0.222. The number of Topliss-reactive ketones (excluding diaryl/α,β-unsaturated/α-hetero) is 1. The molecular weight excluding hydrogens is 432 g/mol. The van der Waals surface area contributed by atoms with E-state index in [4.69, 9.17) is 4.42 Å². The maximum atomic E-state index is 13.7. The number of furan rings is 1. The van der Waals surface area contributed by atoms with E-state index in [0.717, 1.165) is 11.1 Å². The quantitative estimate of drug-likeness (QED) is 0.573. The number of aliphatic hydroxyl groups is 2. The minimum atomic E-state index is -2.43. The molecular formula is C27H26O5Si. The van der Waals surface area contributed by atoms with Gasteiger partial charge < -0.3 is 14.6 Å². The van der Waals surface area contributed by atoms with Gasteiger partial charge in [0.05, 0.1) is 20.4 Å². The third-order valence-corrected chi connectivity index (χ3v) is 12.7. The lowest BCUT2D eigenvalue weighted by atomic mass is 9.60. The van der Waals surface area contributed by atoms with Gasteiger partial charge in [-0.1, -0.05) is 67.7 Å². The summed E-state index contributed by atoms with van der Waals surface area (Å²) in [7, 11) is -2.43. The van der Waals surface area contributed by atoms with Crippen LogP contribution in [0.3, 0.4) is 0 Å². The zero-order valence-electron chi connectivity index (χ0n) is 18.9. The highest BCUT2D eigenvalue weighted by Gasteiger charge is 2.61. The molecule has 1 heterocycles. The van der Waals surface area contributed by atoms with Crippen LogP contribution in [0.25, 0.3) is 0 Å². The molecule has 0 fully saturated rings. The van der Waals surface area contributed by atoms with E-state index in [9.17, 15) is 19.8 Å². The van der Waals surface area contributed by atoms with Gasteiger partial charge in [0.2, 0.25) is 5.78 Å². The molecule has 0 bridgehead atoms. The average molecular weight is 459 g/mol. The van der Waals surface area contributed by atoms with E-state index in [2.05, 4.69) is 32.2 Å². The highest BCUT2D eigenvalue weighted by atomic mass is 28.3. The van der Waals surface area contributed by atoms with Crippen molar-refractivity contribution in [3.05, 3.63) is 87.9 Å². The number of rotatable bonds is 2. The predicted octanol–water partition coefficient (Wildman–Crippen LogP) is 3.65. The maximum Gasteiger partial charge on any atom is 0.229 e. The second-order valence-electron chi connectivity index (χ2n) is 10.4. The zero-order chi connectivity index (χ0) is 23.3. The number of ketones is 2. The lowest BCUT2D eigenvalue weighted by molar-refractivity contribution is -0.00803. The van der Waals surface area contributed by atoms with Crippen LogP contribution >= 0.6 is 0 Å². The summed E-state index contributed by atoms with van der Waals surface area (Å²) in [6, 6.07) is 13.9. The van der Waals surface area contributed by atoms with Gasteiger partial charge in [-0.05, 0) is 17.5 Å². The summed E-state index contributed by atoms with van der Waals surface area (Å²) in [5.74, 6) is 0.0738. The molecule has 0 saturated heterocycles. The van der Waals surface area contributed by atoms with Gasteiger partial charge in [-0.25, -0.2) is 0 Å². The molecule has 168 valence electrons. The van der Waals surface area contributed by atoms with Gasteiger partial charge >= 0.3 is 0 Å². The maximum absolute atomic E-state index is 13.7. The molecule has 6 heteroatoms. The van der Waals surface area contributed by atoms with Crippen molar-refractivity contribution in [1.82, 2.24) is 0 Å². The largest absolute Gasteiger partial charge is 0.460 e. The monoisotopic (exact) mass is 458 g/mol. The molecule has 0 radical (unpaired) electrons. The van der Waals surface area contributed by atoms with Crippen molar-refractivity contribution >= 4 is 24.8 Å². The fourth-order valence-corrected chi connectivity index (χ4v) is 11.2. The van der Waals surface area contributed by atoms with Crippen molar-refractivity contribution in [2.75, 3.05) is 0 Å². The second kappa shape index (κ2) is 6.62. The van der Waals surface area contributed by atoms with Crippen LogP contribution in [0.2, 0.25) is 18.6 Å². The molecule has 6 rings (SSSR count). The second-order valence-corrected chi connectivity index (χ2v) is 15.0. The summed E-state index contributed by atoms with van der Waals surface area (Å²) >= 11 is 0. The van der Waals surface area contributed by atoms with E-state index in [1.165, 1.54) is 11.4 Å². The number of benzene rings is 2. The van der Waals surface area contributed by atoms with Crippen molar-refractivity contribution in [3.63, 3.8) is 0 Å². The van der Waals surface area contributed by atoms with Gasteiger partial charge in [0.1, 0.15) is 6.10 Å². The van der Waals surface area contributed by atoms with Crippen LogP contribution in [0, 0.1) is 0 Å². The summed E-state index contributed by atoms with van der Waals surface area (Å²) in [4.78, 5) is 26.1. The van der Waals surface area contributed by atoms with Crippen molar-refractivity contribution < 1.29 is 24.2 Å². The highest BCUT2D eigenvalue weighted by Crippen LogP contribution is 2.61. The zero-order valence-corrected chi connectivity index (χ0v) is 19.9. The number of aliphatic hydroxyl groups excluding tert-OH is 2. The molecule has 4 atom stereocenters. The lowest BCUT2D eigenvalue weighted by Crippen LogP contribution is -2.61. The van der Waals surface area contributed by atoms with Gasteiger partial charge in [-0.15, -0.1) is 0 Å². The Bertz CT molecular complexity index is 1340. The molecule has 5 nitrogen and oxygen atoms in total. The summed E-state index contributed by atoms with van der Waals surface area (Å²) in [5, 5.41) is 23.9. The molecule has 0 spiro atoms. The third-order valence-electron chi connectivity index (χ3n) is 8.45. The summed E-state index contributed by atoms with van der Waals surface area (Å²) in [5.41, 5.74) is 2.93. The normalized spacial score (nSPS) is 27.8. The first kappa shape index (κ1) is 20.8. The predicted molar refractivity (Wildman–Crippen MR) is 126 cm³/mol. The summed E-state index contributed by atoms with van der Waals surface area (Å²) < 4.78 is 5.80. The average Bonchev–Trinajstić information content (AvgIpc) is 3.42. The van der Waals surface area contributed by atoms with E-state index >= 15 is 0 Å². The summed E-state index contributed by atoms with van der Waals surface area (Å²) in [6.45, 7) is 6.51. The van der Waals surface area contributed by atoms with Crippen LogP contribution < -0.4 is 5.19 Å². The molecule has 3 aliphatic rings. The van der Waals surface area contributed by atoms with Crippen molar-refractivity contribution in [3.8, 4) is 0 Å². The molecule has 2 aromatic carbocycles. The Labute approximate surface area is 193 Å². The van der Waals surface area contributed by atoms with Crippen molar-refractivity contribution in [2.45, 2.75) is 56.0 Å². The van der Waals surface area contributed by atoms with Crippen LogP contribution in [0.15, 0.2) is 53.1 Å². The Balaban J connectivity index is 1.69. The Morgan fingerprint density at radius 2 is 1.76 bits per heavy atom. The Hall–Kier alpha value is -2.80. The van der Waals surface area contributed by atoms with Gasteiger partial charge in [-0.3, -0.25) is 9.59 Å². The van der Waals surface area contributed by atoms with Crippen LogP contribution in [-0.4, -0.2) is 36.0 Å². The molecule has 0 unspecified atom stereocenters. The topological polar surface area (TPSA) is 87.7 Å².